The summed E-state index contributed by atoms with van der Waals surface area (Å²) in [6.45, 7) is 5.19. The van der Waals surface area contributed by atoms with Crippen LogP contribution in [0.5, 0.6) is 0 Å². The first kappa shape index (κ1) is 16.9. The van der Waals surface area contributed by atoms with E-state index in [-0.39, 0.29) is 5.56 Å². The Kier molecular flexibility index (Phi) is 4.32. The highest BCUT2D eigenvalue weighted by atomic mass is 19.1. The van der Waals surface area contributed by atoms with E-state index >= 15 is 0 Å². The van der Waals surface area contributed by atoms with Crippen LogP contribution >= 0.6 is 0 Å². The smallest absolute Gasteiger partial charge is 0.131 e. The first-order valence-corrected chi connectivity index (χ1v) is 8.83. The van der Waals surface area contributed by atoms with E-state index in [0.29, 0.717) is 18.8 Å². The van der Waals surface area contributed by atoms with Crippen molar-refractivity contribution in [2.24, 2.45) is 0 Å². The average Bonchev–Trinajstić information content (AvgIpc) is 3.23. The molecule has 0 saturated heterocycles. The normalized spacial score (nSPS) is 17.5. The molecule has 3 heterocycles. The van der Waals surface area contributed by atoms with Crippen molar-refractivity contribution in [1.29, 1.82) is 0 Å². The van der Waals surface area contributed by atoms with Gasteiger partial charge in [-0.3, -0.25) is 4.90 Å². The van der Waals surface area contributed by atoms with E-state index < -0.39 is 17.7 Å². The summed E-state index contributed by atoms with van der Waals surface area (Å²) in [5.74, 6) is -0.184. The Morgan fingerprint density at radius 2 is 2.04 bits per heavy atom. The molecule has 0 saturated carbocycles. The number of halogens is 2. The van der Waals surface area contributed by atoms with Crippen LogP contribution in [0, 0.1) is 18.6 Å². The number of fused-ring (bicyclic) bond motifs is 1. The number of benzene rings is 1. The second-order valence-electron chi connectivity index (χ2n) is 6.63. The Bertz CT molecular complexity index is 910. The second-order valence-corrected chi connectivity index (χ2v) is 6.63. The van der Waals surface area contributed by atoms with Crippen LogP contribution in [0.1, 0.15) is 47.1 Å². The van der Waals surface area contributed by atoms with Crippen molar-refractivity contribution >= 4 is 0 Å². The van der Waals surface area contributed by atoms with Crippen molar-refractivity contribution in [2.45, 2.75) is 39.3 Å². The van der Waals surface area contributed by atoms with Gasteiger partial charge in [-0.15, -0.1) is 0 Å². The van der Waals surface area contributed by atoms with Gasteiger partial charge in [0.2, 0.25) is 0 Å². The van der Waals surface area contributed by atoms with E-state index in [4.69, 9.17) is 0 Å². The molecule has 3 aromatic rings. The molecule has 1 aromatic carbocycles. The fourth-order valence-electron chi connectivity index (χ4n) is 3.66. The van der Waals surface area contributed by atoms with Gasteiger partial charge in [-0.1, -0.05) is 13.0 Å². The fourth-order valence-corrected chi connectivity index (χ4v) is 3.66. The first-order chi connectivity index (χ1) is 12.6. The van der Waals surface area contributed by atoms with Crippen LogP contribution in [-0.4, -0.2) is 31.4 Å². The highest BCUT2D eigenvalue weighted by Crippen LogP contribution is 2.36. The maximum atomic E-state index is 14.6. The lowest BCUT2D eigenvalue weighted by Crippen LogP contribution is -2.37. The van der Waals surface area contributed by atoms with Crippen molar-refractivity contribution in [3.8, 4) is 0 Å². The third-order valence-corrected chi connectivity index (χ3v) is 5.02. The highest BCUT2D eigenvalue weighted by molar-refractivity contribution is 5.35. The highest BCUT2D eigenvalue weighted by Gasteiger charge is 2.35. The van der Waals surface area contributed by atoms with E-state index in [9.17, 15) is 8.78 Å². The van der Waals surface area contributed by atoms with E-state index in [1.807, 2.05) is 18.7 Å². The minimum atomic E-state index is -0.577. The van der Waals surface area contributed by atoms with Crippen molar-refractivity contribution < 1.29 is 8.78 Å². The van der Waals surface area contributed by atoms with Gasteiger partial charge in [-0.05, 0) is 19.1 Å². The molecular weight excluding hydrogens is 336 g/mol. The standard InChI is InChI=1S/C19H21F2N5/c1-3-16-24-11(2)15(25-16)9-26-8-7-14-18(23-10-22-14)19(26)17-12(20)5-4-6-13(17)21/h4-6,10,19H,3,7-9H2,1-2H3,(H,22,23)(H,24,25). The van der Waals surface area contributed by atoms with Crippen molar-refractivity contribution in [3.63, 3.8) is 0 Å². The number of H-pyrrole nitrogens is 2. The SMILES string of the molecule is CCc1nc(CN2CCc3[nH]cnc3C2c2c(F)cccc2F)c(C)[nH]1. The van der Waals surface area contributed by atoms with Gasteiger partial charge in [0.25, 0.3) is 0 Å². The van der Waals surface area contributed by atoms with Crippen LogP contribution in [0.25, 0.3) is 0 Å². The molecule has 136 valence electrons. The predicted octanol–water partition coefficient (Wildman–Crippen LogP) is 3.43. The van der Waals surface area contributed by atoms with E-state index in [2.05, 4.69) is 19.9 Å². The predicted molar refractivity (Wildman–Crippen MR) is 93.6 cm³/mol. The fraction of sp³-hybridized carbons (Fsp3) is 0.368. The molecule has 5 nitrogen and oxygen atoms in total. The van der Waals surface area contributed by atoms with Crippen molar-refractivity contribution in [1.82, 2.24) is 24.8 Å². The largest absolute Gasteiger partial charge is 0.348 e. The third kappa shape index (κ3) is 2.82. The zero-order valence-electron chi connectivity index (χ0n) is 14.8. The third-order valence-electron chi connectivity index (χ3n) is 5.02. The molecule has 0 aliphatic carbocycles. The van der Waals surface area contributed by atoms with Gasteiger partial charge in [-0.2, -0.15) is 0 Å². The van der Waals surface area contributed by atoms with E-state index in [0.717, 1.165) is 35.7 Å². The van der Waals surface area contributed by atoms with Gasteiger partial charge in [-0.25, -0.2) is 18.7 Å². The Hall–Kier alpha value is -2.54. The Balaban J connectivity index is 1.77. The molecule has 2 N–H and O–H groups in total. The zero-order chi connectivity index (χ0) is 18.3. The maximum absolute atomic E-state index is 14.6. The average molecular weight is 357 g/mol. The number of nitrogens with one attached hydrogen (secondary N) is 2. The van der Waals surface area contributed by atoms with Crippen LogP contribution < -0.4 is 0 Å². The van der Waals surface area contributed by atoms with Crippen LogP contribution in [0.2, 0.25) is 0 Å². The summed E-state index contributed by atoms with van der Waals surface area (Å²) in [6, 6.07) is 3.41. The first-order valence-electron chi connectivity index (χ1n) is 8.83. The molecule has 1 atom stereocenters. The number of aromatic nitrogens is 4. The van der Waals surface area contributed by atoms with Crippen molar-refractivity contribution in [3.05, 3.63) is 70.3 Å². The number of aromatic amines is 2. The monoisotopic (exact) mass is 357 g/mol. The molecule has 0 radical (unpaired) electrons. The van der Waals surface area contributed by atoms with Gasteiger partial charge in [0, 0.05) is 42.9 Å². The van der Waals surface area contributed by atoms with Gasteiger partial charge < -0.3 is 9.97 Å². The molecule has 0 amide bonds. The second kappa shape index (κ2) is 6.64. The summed E-state index contributed by atoms with van der Waals surface area (Å²) in [7, 11) is 0. The molecule has 7 heteroatoms. The maximum Gasteiger partial charge on any atom is 0.131 e. The number of aryl methyl sites for hydroxylation is 2. The molecule has 1 unspecified atom stereocenters. The summed E-state index contributed by atoms with van der Waals surface area (Å²) >= 11 is 0. The Morgan fingerprint density at radius 3 is 2.73 bits per heavy atom. The lowest BCUT2D eigenvalue weighted by molar-refractivity contribution is 0.190. The summed E-state index contributed by atoms with van der Waals surface area (Å²) < 4.78 is 29.1. The van der Waals surface area contributed by atoms with Gasteiger partial charge in [0.15, 0.2) is 0 Å². The zero-order valence-corrected chi connectivity index (χ0v) is 14.8. The molecule has 0 spiro atoms. The molecule has 2 aromatic heterocycles. The quantitative estimate of drug-likeness (QED) is 0.752. The van der Waals surface area contributed by atoms with Crippen molar-refractivity contribution in [2.75, 3.05) is 6.54 Å². The molecular formula is C19H21F2N5. The minimum absolute atomic E-state index is 0.0458. The number of rotatable bonds is 4. The number of hydrogen-bond acceptors (Lipinski definition) is 3. The lowest BCUT2D eigenvalue weighted by atomic mass is 9.94. The Morgan fingerprint density at radius 1 is 1.27 bits per heavy atom. The minimum Gasteiger partial charge on any atom is -0.348 e. The van der Waals surface area contributed by atoms with Crippen LogP contribution in [0.15, 0.2) is 24.5 Å². The van der Waals surface area contributed by atoms with Crippen LogP contribution in [0.4, 0.5) is 8.78 Å². The summed E-state index contributed by atoms with van der Waals surface area (Å²) in [5, 5.41) is 0. The molecule has 1 aliphatic rings. The topological polar surface area (TPSA) is 60.6 Å². The van der Waals surface area contributed by atoms with Gasteiger partial charge in [0.1, 0.15) is 17.5 Å². The molecule has 0 bridgehead atoms. The number of nitrogens with zero attached hydrogens (tertiary/aromatic N) is 3. The summed E-state index contributed by atoms with van der Waals surface area (Å²) in [6.07, 6.45) is 3.16. The molecule has 26 heavy (non-hydrogen) atoms. The Labute approximate surface area is 150 Å². The number of imidazole rings is 2. The summed E-state index contributed by atoms with van der Waals surface area (Å²) in [5.41, 5.74) is 3.56. The lowest BCUT2D eigenvalue weighted by Gasteiger charge is -2.35. The number of hydrogen-bond donors (Lipinski definition) is 2. The van der Waals surface area contributed by atoms with Crippen LogP contribution in [-0.2, 0) is 19.4 Å². The summed E-state index contributed by atoms with van der Waals surface area (Å²) in [4.78, 5) is 17.4. The molecule has 4 rings (SSSR count). The molecule has 0 fully saturated rings. The van der Waals surface area contributed by atoms with E-state index in [1.165, 1.54) is 18.2 Å². The van der Waals surface area contributed by atoms with Crippen LogP contribution in [0.3, 0.4) is 0 Å². The van der Waals surface area contributed by atoms with E-state index in [1.54, 1.807) is 6.33 Å². The van der Waals surface area contributed by atoms with Gasteiger partial charge in [0.05, 0.1) is 23.8 Å². The van der Waals surface area contributed by atoms with Gasteiger partial charge >= 0.3 is 0 Å². The molecule has 1 aliphatic heterocycles.